The van der Waals surface area contributed by atoms with Crippen molar-refractivity contribution in [3.8, 4) is 5.75 Å². The van der Waals surface area contributed by atoms with E-state index in [0.29, 0.717) is 5.88 Å². The first kappa shape index (κ1) is 13.6. The Morgan fingerprint density at radius 3 is 2.88 bits per heavy atom. The van der Waals surface area contributed by atoms with E-state index in [2.05, 4.69) is 27.9 Å². The second kappa shape index (κ2) is 6.30. The standard InChI is InChI=1S/C11H13ClINO2/c1-2-8(6-12)14-11(16)9-5-7(13)3-4-10(9)15/h3-5,8,15H,2,6H2,1H3,(H,14,16). The molecule has 1 amide bonds. The quantitative estimate of drug-likeness (QED) is 0.646. The lowest BCUT2D eigenvalue weighted by Crippen LogP contribution is -2.35. The zero-order valence-electron chi connectivity index (χ0n) is 8.84. The predicted molar refractivity (Wildman–Crippen MR) is 73.1 cm³/mol. The van der Waals surface area contributed by atoms with E-state index in [0.717, 1.165) is 9.99 Å². The Bertz CT molecular complexity index is 380. The molecule has 0 aliphatic heterocycles. The molecule has 1 unspecified atom stereocenters. The average Bonchev–Trinajstić information content (AvgIpc) is 2.28. The highest BCUT2D eigenvalue weighted by Crippen LogP contribution is 2.19. The Morgan fingerprint density at radius 1 is 1.62 bits per heavy atom. The molecule has 0 aliphatic carbocycles. The highest BCUT2D eigenvalue weighted by Gasteiger charge is 2.14. The zero-order valence-corrected chi connectivity index (χ0v) is 11.7. The van der Waals surface area contributed by atoms with Gasteiger partial charge in [0.2, 0.25) is 0 Å². The van der Waals surface area contributed by atoms with E-state index in [-0.39, 0.29) is 23.3 Å². The molecule has 2 N–H and O–H groups in total. The molecule has 0 saturated carbocycles. The summed E-state index contributed by atoms with van der Waals surface area (Å²) in [5, 5.41) is 12.3. The molecule has 1 aromatic rings. The zero-order chi connectivity index (χ0) is 12.1. The molecule has 1 atom stereocenters. The molecule has 3 nitrogen and oxygen atoms in total. The molecule has 88 valence electrons. The van der Waals surface area contributed by atoms with Crippen molar-refractivity contribution in [3.05, 3.63) is 27.3 Å². The number of carbonyl (C=O) groups is 1. The van der Waals surface area contributed by atoms with Gasteiger partial charge >= 0.3 is 0 Å². The van der Waals surface area contributed by atoms with Crippen LogP contribution in [-0.2, 0) is 0 Å². The lowest BCUT2D eigenvalue weighted by Gasteiger charge is -2.14. The molecular formula is C11H13ClINO2. The number of hydrogen-bond donors (Lipinski definition) is 2. The highest BCUT2D eigenvalue weighted by molar-refractivity contribution is 14.1. The van der Waals surface area contributed by atoms with E-state index in [1.165, 1.54) is 6.07 Å². The van der Waals surface area contributed by atoms with Gasteiger partial charge in [0.15, 0.2) is 0 Å². The van der Waals surface area contributed by atoms with Crippen molar-refractivity contribution in [3.63, 3.8) is 0 Å². The van der Waals surface area contributed by atoms with Crippen molar-refractivity contribution in [1.82, 2.24) is 5.32 Å². The van der Waals surface area contributed by atoms with Crippen molar-refractivity contribution in [2.24, 2.45) is 0 Å². The van der Waals surface area contributed by atoms with Crippen LogP contribution in [0.5, 0.6) is 5.75 Å². The van der Waals surface area contributed by atoms with Crippen LogP contribution in [0.3, 0.4) is 0 Å². The van der Waals surface area contributed by atoms with Gasteiger partial charge in [-0.15, -0.1) is 11.6 Å². The summed E-state index contributed by atoms with van der Waals surface area (Å²) in [5.41, 5.74) is 0.287. The minimum absolute atomic E-state index is 0.0117. The molecule has 5 heteroatoms. The molecule has 0 saturated heterocycles. The Morgan fingerprint density at radius 2 is 2.31 bits per heavy atom. The Hall–Kier alpha value is -0.490. The Balaban J connectivity index is 2.83. The molecule has 0 bridgehead atoms. The topological polar surface area (TPSA) is 49.3 Å². The van der Waals surface area contributed by atoms with E-state index < -0.39 is 0 Å². The van der Waals surface area contributed by atoms with Crippen LogP contribution in [0.1, 0.15) is 23.7 Å². The van der Waals surface area contributed by atoms with E-state index in [1.54, 1.807) is 12.1 Å². The van der Waals surface area contributed by atoms with Crippen LogP contribution in [0.25, 0.3) is 0 Å². The number of halogens is 2. The minimum atomic E-state index is -0.288. The minimum Gasteiger partial charge on any atom is -0.507 e. The Kier molecular flexibility index (Phi) is 5.34. The van der Waals surface area contributed by atoms with Crippen molar-refractivity contribution in [1.29, 1.82) is 0 Å². The van der Waals surface area contributed by atoms with Crippen LogP contribution >= 0.6 is 34.2 Å². The maximum absolute atomic E-state index is 11.8. The lowest BCUT2D eigenvalue weighted by molar-refractivity contribution is 0.0937. The number of benzene rings is 1. The summed E-state index contributed by atoms with van der Waals surface area (Å²) in [6, 6.07) is 4.84. The molecule has 0 heterocycles. The summed E-state index contributed by atoms with van der Waals surface area (Å²) in [6.07, 6.45) is 0.764. The summed E-state index contributed by atoms with van der Waals surface area (Å²) in [6.45, 7) is 1.95. The smallest absolute Gasteiger partial charge is 0.255 e. The lowest BCUT2D eigenvalue weighted by atomic mass is 10.1. The summed E-state index contributed by atoms with van der Waals surface area (Å²) < 4.78 is 0.902. The van der Waals surface area contributed by atoms with Gasteiger partial charge in [-0.2, -0.15) is 0 Å². The van der Waals surface area contributed by atoms with Crippen molar-refractivity contribution in [2.45, 2.75) is 19.4 Å². The van der Waals surface area contributed by atoms with Crippen LogP contribution in [0.2, 0.25) is 0 Å². The monoisotopic (exact) mass is 353 g/mol. The maximum Gasteiger partial charge on any atom is 0.255 e. The molecule has 1 aromatic carbocycles. The SMILES string of the molecule is CCC(CCl)NC(=O)c1cc(I)ccc1O. The molecule has 0 aromatic heterocycles. The van der Waals surface area contributed by atoms with Gasteiger partial charge in [0.25, 0.3) is 5.91 Å². The van der Waals surface area contributed by atoms with Crippen LogP contribution in [0.15, 0.2) is 18.2 Å². The average molecular weight is 354 g/mol. The third-order valence-corrected chi connectivity index (χ3v) is 3.26. The fourth-order valence-corrected chi connectivity index (χ4v) is 1.99. The van der Waals surface area contributed by atoms with E-state index in [1.807, 2.05) is 6.92 Å². The highest BCUT2D eigenvalue weighted by atomic mass is 127. The van der Waals surface area contributed by atoms with Gasteiger partial charge in [0.1, 0.15) is 5.75 Å². The largest absolute Gasteiger partial charge is 0.507 e. The molecule has 0 fully saturated rings. The molecule has 0 aliphatic rings. The molecule has 1 rings (SSSR count). The Labute approximate surface area is 113 Å². The predicted octanol–water partition coefficient (Wildman–Crippen LogP) is 2.74. The first-order valence-corrected chi connectivity index (χ1v) is 6.55. The van der Waals surface area contributed by atoms with Gasteiger partial charge < -0.3 is 10.4 Å². The fourth-order valence-electron chi connectivity index (χ4n) is 1.20. The van der Waals surface area contributed by atoms with Crippen molar-refractivity contribution < 1.29 is 9.90 Å². The molecular weight excluding hydrogens is 340 g/mol. The van der Waals surface area contributed by atoms with Gasteiger partial charge in [0.05, 0.1) is 5.56 Å². The summed E-state index contributed by atoms with van der Waals surface area (Å²) >= 11 is 7.78. The van der Waals surface area contributed by atoms with Gasteiger partial charge in [-0.25, -0.2) is 0 Å². The van der Waals surface area contributed by atoms with Crippen LogP contribution in [0.4, 0.5) is 0 Å². The number of rotatable bonds is 4. The normalized spacial score (nSPS) is 12.2. The number of amides is 1. The molecule has 16 heavy (non-hydrogen) atoms. The fraction of sp³-hybridized carbons (Fsp3) is 0.364. The van der Waals surface area contributed by atoms with Crippen LogP contribution < -0.4 is 5.32 Å². The molecule has 0 radical (unpaired) electrons. The third-order valence-electron chi connectivity index (χ3n) is 2.22. The first-order valence-electron chi connectivity index (χ1n) is 4.93. The van der Waals surface area contributed by atoms with Crippen molar-refractivity contribution >= 4 is 40.1 Å². The van der Waals surface area contributed by atoms with Crippen LogP contribution in [0, 0.1) is 3.57 Å². The number of phenols is 1. The second-order valence-corrected chi connectivity index (χ2v) is 4.95. The number of carbonyl (C=O) groups excluding carboxylic acids is 1. The van der Waals surface area contributed by atoms with Gasteiger partial charge in [0, 0.05) is 15.5 Å². The van der Waals surface area contributed by atoms with Crippen molar-refractivity contribution in [2.75, 3.05) is 5.88 Å². The van der Waals surface area contributed by atoms with Crippen LogP contribution in [-0.4, -0.2) is 22.9 Å². The van der Waals surface area contributed by atoms with E-state index in [9.17, 15) is 9.90 Å². The van der Waals surface area contributed by atoms with Gasteiger partial charge in [-0.3, -0.25) is 4.79 Å². The van der Waals surface area contributed by atoms with E-state index >= 15 is 0 Å². The number of nitrogens with one attached hydrogen (secondary N) is 1. The van der Waals surface area contributed by atoms with Gasteiger partial charge in [-0.1, -0.05) is 6.92 Å². The number of phenolic OH excluding ortho intramolecular Hbond substituents is 1. The maximum atomic E-state index is 11.8. The molecule has 0 spiro atoms. The summed E-state index contributed by atoms with van der Waals surface area (Å²) in [5.74, 6) is 0.0679. The van der Waals surface area contributed by atoms with Gasteiger partial charge in [-0.05, 0) is 47.2 Å². The summed E-state index contributed by atoms with van der Waals surface area (Å²) in [4.78, 5) is 11.8. The third kappa shape index (κ3) is 3.52. The van der Waals surface area contributed by atoms with E-state index in [4.69, 9.17) is 11.6 Å². The number of hydrogen-bond acceptors (Lipinski definition) is 2. The second-order valence-electron chi connectivity index (χ2n) is 3.39. The summed E-state index contributed by atoms with van der Waals surface area (Å²) in [7, 11) is 0. The number of aromatic hydroxyl groups is 1. The first-order chi connectivity index (χ1) is 7.58. The number of alkyl halides is 1.